The van der Waals surface area contributed by atoms with Gasteiger partial charge in [-0.05, 0) is 55.7 Å². The van der Waals surface area contributed by atoms with Gasteiger partial charge in [-0.3, -0.25) is 9.59 Å². The maximum absolute atomic E-state index is 15.5. The van der Waals surface area contributed by atoms with E-state index in [1.54, 1.807) is 13.0 Å². The van der Waals surface area contributed by atoms with E-state index in [2.05, 4.69) is 0 Å². The fraction of sp³-hybridized carbons (Fsp3) is 0.640. The van der Waals surface area contributed by atoms with E-state index in [4.69, 9.17) is 21.1 Å². The number of allylic oxidation sites excluding steroid dienone is 6. The van der Waals surface area contributed by atoms with Crippen LogP contribution in [0.2, 0.25) is 0 Å². The molecule has 0 aromatic heterocycles. The number of fused-ring (bicyclic) bond motifs is 5. The molecule has 174 valence electrons. The third-order valence-electron chi connectivity index (χ3n) is 8.59. The lowest BCUT2D eigenvalue weighted by Crippen LogP contribution is -2.59. The zero-order valence-electron chi connectivity index (χ0n) is 19.2. The minimum absolute atomic E-state index is 0.0947. The number of methoxy groups -OCH3 is 1. The van der Waals surface area contributed by atoms with Gasteiger partial charge in [-0.2, -0.15) is 0 Å². The predicted octanol–water partition coefficient (Wildman–Crippen LogP) is 4.84. The van der Waals surface area contributed by atoms with E-state index in [0.717, 1.165) is 5.57 Å². The highest BCUT2D eigenvalue weighted by Gasteiger charge is 2.71. The van der Waals surface area contributed by atoms with Crippen molar-refractivity contribution in [1.29, 1.82) is 0 Å². The molecule has 4 aliphatic rings. The summed E-state index contributed by atoms with van der Waals surface area (Å²) in [5, 5.41) is 0.0962. The summed E-state index contributed by atoms with van der Waals surface area (Å²) in [5.74, 6) is -1.94. The Kier molecular flexibility index (Phi) is 5.47. The van der Waals surface area contributed by atoms with Gasteiger partial charge in [0.2, 0.25) is 5.60 Å². The molecule has 0 saturated heterocycles. The van der Waals surface area contributed by atoms with Crippen LogP contribution in [0.5, 0.6) is 0 Å². The fourth-order valence-electron chi connectivity index (χ4n) is 7.02. The molecule has 0 amide bonds. The number of carbonyl (C=O) groups excluding carboxylic acids is 3. The topological polar surface area (TPSA) is 69.7 Å². The first-order valence-electron chi connectivity index (χ1n) is 11.3. The summed E-state index contributed by atoms with van der Waals surface area (Å²) in [5.41, 5.74) is -1.48. The van der Waals surface area contributed by atoms with Gasteiger partial charge in [-0.1, -0.05) is 44.0 Å². The van der Waals surface area contributed by atoms with Gasteiger partial charge >= 0.3 is 11.9 Å². The molecule has 0 aromatic rings. The number of ketones is 1. The van der Waals surface area contributed by atoms with Crippen LogP contribution in [-0.2, 0) is 23.9 Å². The molecule has 7 heteroatoms. The summed E-state index contributed by atoms with van der Waals surface area (Å²) in [4.78, 5) is 37.7. The monoisotopic (exact) mass is 464 g/mol. The molecule has 0 unspecified atom stereocenters. The van der Waals surface area contributed by atoms with Crippen molar-refractivity contribution < 1.29 is 28.2 Å². The van der Waals surface area contributed by atoms with E-state index < -0.39 is 34.5 Å². The summed E-state index contributed by atoms with van der Waals surface area (Å²) in [6, 6.07) is 0. The lowest BCUT2D eigenvalue weighted by atomic mass is 9.51. The molecule has 0 N–H and O–H groups in total. The van der Waals surface area contributed by atoms with Gasteiger partial charge in [-0.25, -0.2) is 9.18 Å². The summed E-state index contributed by atoms with van der Waals surface area (Å²) in [6.07, 6.45) is 5.20. The number of hydrogen-bond donors (Lipinski definition) is 0. The van der Waals surface area contributed by atoms with Crippen molar-refractivity contribution in [3.63, 3.8) is 0 Å². The van der Waals surface area contributed by atoms with Crippen LogP contribution < -0.4 is 0 Å². The number of halogens is 2. The number of carbonyl (C=O) groups is 3. The van der Waals surface area contributed by atoms with E-state index in [0.29, 0.717) is 18.4 Å². The number of esters is 2. The van der Waals surface area contributed by atoms with E-state index in [-0.39, 0.29) is 41.4 Å². The van der Waals surface area contributed by atoms with Gasteiger partial charge in [0.15, 0.2) is 5.78 Å². The molecule has 5 nitrogen and oxygen atoms in total. The number of alkyl halides is 1. The molecule has 0 heterocycles. The van der Waals surface area contributed by atoms with Gasteiger partial charge in [-0.15, -0.1) is 0 Å². The number of ether oxygens (including phenoxy) is 2. The Balaban J connectivity index is 1.85. The van der Waals surface area contributed by atoms with Crippen molar-refractivity contribution in [3.05, 3.63) is 34.4 Å². The molecule has 0 aromatic carbocycles. The molecule has 2 fully saturated rings. The second-order valence-electron chi connectivity index (χ2n) is 10.0. The van der Waals surface area contributed by atoms with Crippen molar-refractivity contribution in [1.82, 2.24) is 0 Å². The summed E-state index contributed by atoms with van der Waals surface area (Å²) < 4.78 is 26.6. The SMILES string of the molecule is CCC(=O)O[C@]1(C(=O)OC)[C@H](C)C[C@H]2[C@@H]3C[C@H](F)C4=CC(=O)C(Cl)=C[C@]4(C)C3=CC[C@@]21C. The average Bonchev–Trinajstić information content (AvgIpc) is 2.97. The van der Waals surface area contributed by atoms with E-state index in [1.807, 2.05) is 26.8 Å². The Bertz CT molecular complexity index is 983. The summed E-state index contributed by atoms with van der Waals surface area (Å²) in [7, 11) is 1.31. The van der Waals surface area contributed by atoms with Crippen LogP contribution in [0.1, 0.15) is 53.4 Å². The van der Waals surface area contributed by atoms with Crippen molar-refractivity contribution in [3.8, 4) is 0 Å². The minimum Gasteiger partial charge on any atom is -0.466 e. The van der Waals surface area contributed by atoms with Gasteiger partial charge in [0.25, 0.3) is 0 Å². The zero-order chi connectivity index (χ0) is 23.6. The normalized spacial score (nSPS) is 42.6. The van der Waals surface area contributed by atoms with Gasteiger partial charge in [0, 0.05) is 23.2 Å². The summed E-state index contributed by atoms with van der Waals surface area (Å²) in [6.45, 7) is 7.46. The highest BCUT2D eigenvalue weighted by molar-refractivity contribution is 6.44. The zero-order valence-corrected chi connectivity index (χ0v) is 19.9. The smallest absolute Gasteiger partial charge is 0.351 e. The molecular weight excluding hydrogens is 435 g/mol. The molecule has 4 rings (SSSR count). The molecule has 32 heavy (non-hydrogen) atoms. The van der Waals surface area contributed by atoms with Crippen LogP contribution in [0.3, 0.4) is 0 Å². The van der Waals surface area contributed by atoms with Crippen molar-refractivity contribution >= 4 is 29.3 Å². The Morgan fingerprint density at radius 1 is 1.25 bits per heavy atom. The van der Waals surface area contributed by atoms with Crippen LogP contribution in [0, 0.1) is 28.6 Å². The molecule has 2 saturated carbocycles. The lowest BCUT2D eigenvalue weighted by Gasteiger charge is -2.54. The Labute approximate surface area is 193 Å². The first kappa shape index (κ1) is 23.2. The van der Waals surface area contributed by atoms with Crippen LogP contribution in [0.15, 0.2) is 34.4 Å². The first-order valence-corrected chi connectivity index (χ1v) is 11.6. The number of hydrogen-bond acceptors (Lipinski definition) is 5. The largest absolute Gasteiger partial charge is 0.466 e. The third-order valence-corrected chi connectivity index (χ3v) is 8.88. The van der Waals surface area contributed by atoms with Gasteiger partial charge in [0.1, 0.15) is 6.17 Å². The third kappa shape index (κ3) is 2.84. The van der Waals surface area contributed by atoms with Crippen molar-refractivity contribution in [2.75, 3.05) is 7.11 Å². The van der Waals surface area contributed by atoms with Gasteiger partial charge in [0.05, 0.1) is 12.1 Å². The van der Waals surface area contributed by atoms with Crippen LogP contribution >= 0.6 is 11.6 Å². The van der Waals surface area contributed by atoms with Crippen molar-refractivity contribution in [2.45, 2.75) is 65.2 Å². The van der Waals surface area contributed by atoms with E-state index >= 15 is 4.39 Å². The fourth-order valence-corrected chi connectivity index (χ4v) is 7.29. The average molecular weight is 465 g/mol. The molecule has 0 aliphatic heterocycles. The maximum Gasteiger partial charge on any atom is 0.351 e. The van der Waals surface area contributed by atoms with Gasteiger partial charge < -0.3 is 9.47 Å². The molecular formula is C25H30ClFO5. The molecule has 0 radical (unpaired) electrons. The molecule has 7 atom stereocenters. The Morgan fingerprint density at radius 2 is 1.94 bits per heavy atom. The predicted molar refractivity (Wildman–Crippen MR) is 117 cm³/mol. The molecule has 0 spiro atoms. The molecule has 0 bridgehead atoms. The van der Waals surface area contributed by atoms with Crippen LogP contribution in [-0.4, -0.2) is 36.6 Å². The highest BCUT2D eigenvalue weighted by Crippen LogP contribution is 2.67. The standard InChI is InChI=1S/C25H30ClFO5/c1-6-21(29)32-25(22(30)31-5)13(2)9-16-14-10-19(27)17-11-20(28)18(26)12-23(17,3)15(14)7-8-24(16,25)4/h7,11-14,16,19H,6,8-10H2,1-5H3/t13-,14-,16+,19+,23-,24+,25+/m1/s1. The second kappa shape index (κ2) is 7.54. The van der Waals surface area contributed by atoms with Crippen LogP contribution in [0.25, 0.3) is 0 Å². The summed E-state index contributed by atoms with van der Waals surface area (Å²) >= 11 is 6.19. The molecule has 4 aliphatic carbocycles. The van der Waals surface area contributed by atoms with Crippen LogP contribution in [0.4, 0.5) is 4.39 Å². The minimum atomic E-state index is -1.43. The maximum atomic E-state index is 15.5. The first-order chi connectivity index (χ1) is 15.0. The highest BCUT2D eigenvalue weighted by atomic mass is 35.5. The van der Waals surface area contributed by atoms with E-state index in [9.17, 15) is 14.4 Å². The van der Waals surface area contributed by atoms with Crippen molar-refractivity contribution in [2.24, 2.45) is 28.6 Å². The second-order valence-corrected chi connectivity index (χ2v) is 10.5. The quantitative estimate of drug-likeness (QED) is 0.441. The number of rotatable bonds is 3. The Hall–Kier alpha value is -1.95. The lowest BCUT2D eigenvalue weighted by molar-refractivity contribution is -0.203. The Morgan fingerprint density at radius 3 is 2.56 bits per heavy atom. The van der Waals surface area contributed by atoms with E-state index in [1.165, 1.54) is 13.2 Å².